The Labute approximate surface area is 128 Å². The molecule has 1 atom stereocenters. The summed E-state index contributed by atoms with van der Waals surface area (Å²) in [5.41, 5.74) is 0. The zero-order valence-electron chi connectivity index (χ0n) is 13.3. The molecule has 0 amide bonds. The van der Waals surface area contributed by atoms with Crippen LogP contribution in [0, 0.1) is 0 Å². The summed E-state index contributed by atoms with van der Waals surface area (Å²) in [6.45, 7) is 10.4. The van der Waals surface area contributed by atoms with Gasteiger partial charge in [-0.2, -0.15) is 0 Å². The molecule has 1 N–H and O–H groups in total. The third-order valence-electron chi connectivity index (χ3n) is 4.23. The Bertz CT molecular complexity index is 384. The lowest BCUT2D eigenvalue weighted by Gasteiger charge is -2.27. The highest BCUT2D eigenvalue weighted by Gasteiger charge is 2.20. The molecule has 1 fully saturated rings. The van der Waals surface area contributed by atoms with Gasteiger partial charge in [0, 0.05) is 34.9 Å². The van der Waals surface area contributed by atoms with Crippen molar-refractivity contribution in [3.63, 3.8) is 0 Å². The highest BCUT2D eigenvalue weighted by Crippen LogP contribution is 2.23. The molecule has 2 nitrogen and oxygen atoms in total. The molecule has 0 spiro atoms. The zero-order valence-corrected chi connectivity index (χ0v) is 14.1. The van der Waals surface area contributed by atoms with Gasteiger partial charge in [-0.25, -0.2) is 0 Å². The van der Waals surface area contributed by atoms with Gasteiger partial charge in [-0.1, -0.05) is 20.3 Å². The fourth-order valence-electron chi connectivity index (χ4n) is 2.41. The smallest absolute Gasteiger partial charge is 0.0330 e. The van der Waals surface area contributed by atoms with E-state index in [-0.39, 0.29) is 0 Å². The van der Waals surface area contributed by atoms with E-state index < -0.39 is 0 Å². The molecule has 114 valence electrons. The largest absolute Gasteiger partial charge is 0.309 e. The molecule has 1 aromatic rings. The molecule has 0 aliphatic heterocycles. The minimum atomic E-state index is 0.691. The van der Waals surface area contributed by atoms with Crippen molar-refractivity contribution in [1.82, 2.24) is 10.2 Å². The van der Waals surface area contributed by atoms with Gasteiger partial charge < -0.3 is 5.32 Å². The van der Waals surface area contributed by atoms with Gasteiger partial charge in [-0.05, 0) is 51.3 Å². The van der Waals surface area contributed by atoms with Gasteiger partial charge in [0.2, 0.25) is 0 Å². The second-order valence-electron chi connectivity index (χ2n) is 6.10. The zero-order chi connectivity index (χ0) is 14.4. The topological polar surface area (TPSA) is 15.3 Å². The molecule has 1 aliphatic carbocycles. The van der Waals surface area contributed by atoms with Crippen molar-refractivity contribution in [2.45, 2.75) is 78.0 Å². The van der Waals surface area contributed by atoms with Gasteiger partial charge in [-0.3, -0.25) is 4.90 Å². The predicted molar refractivity (Wildman–Crippen MR) is 89.3 cm³/mol. The Balaban J connectivity index is 1.84. The van der Waals surface area contributed by atoms with Crippen LogP contribution in [0.2, 0.25) is 0 Å². The Hall–Kier alpha value is -0.380. The summed E-state index contributed by atoms with van der Waals surface area (Å²) in [6.07, 6.45) is 6.58. The van der Waals surface area contributed by atoms with Crippen LogP contribution >= 0.6 is 11.3 Å². The van der Waals surface area contributed by atoms with E-state index >= 15 is 0 Å². The van der Waals surface area contributed by atoms with Crippen LogP contribution in [0.1, 0.15) is 62.6 Å². The quantitative estimate of drug-likeness (QED) is 0.688. The Morgan fingerprint density at radius 1 is 1.30 bits per heavy atom. The van der Waals surface area contributed by atoms with Crippen LogP contribution < -0.4 is 5.32 Å². The average Bonchev–Trinajstić information content (AvgIpc) is 3.19. The van der Waals surface area contributed by atoms with Crippen LogP contribution in [0.25, 0.3) is 0 Å². The molecule has 1 unspecified atom stereocenters. The van der Waals surface area contributed by atoms with Crippen molar-refractivity contribution >= 4 is 11.3 Å². The molecular formula is C17H30N2S. The number of rotatable bonds is 10. The van der Waals surface area contributed by atoms with Crippen LogP contribution in [-0.4, -0.2) is 23.5 Å². The summed E-state index contributed by atoms with van der Waals surface area (Å²) < 4.78 is 0. The number of nitrogens with one attached hydrogen (secondary N) is 1. The van der Waals surface area contributed by atoms with Crippen LogP contribution in [0.15, 0.2) is 12.1 Å². The van der Waals surface area contributed by atoms with E-state index in [0.717, 1.165) is 19.1 Å². The lowest BCUT2D eigenvalue weighted by Crippen LogP contribution is -2.32. The van der Waals surface area contributed by atoms with Gasteiger partial charge in [0.05, 0.1) is 0 Å². The van der Waals surface area contributed by atoms with Crippen molar-refractivity contribution in [1.29, 1.82) is 0 Å². The van der Waals surface area contributed by atoms with Gasteiger partial charge in [-0.15, -0.1) is 11.3 Å². The number of unbranched alkanes of at least 4 members (excludes halogenated alkanes) is 1. The monoisotopic (exact) mass is 294 g/mol. The SMILES string of the molecule is CCCCN(Cc1ccc(CNC2CC2)s1)C(C)CC. The summed E-state index contributed by atoms with van der Waals surface area (Å²) in [5.74, 6) is 0. The molecule has 3 heteroatoms. The van der Waals surface area contributed by atoms with E-state index in [0.29, 0.717) is 6.04 Å². The molecule has 1 saturated carbocycles. The van der Waals surface area contributed by atoms with Crippen LogP contribution in [0.4, 0.5) is 0 Å². The number of thiophene rings is 1. The van der Waals surface area contributed by atoms with Gasteiger partial charge in [0.1, 0.15) is 0 Å². The lowest BCUT2D eigenvalue weighted by atomic mass is 10.2. The molecule has 1 heterocycles. The molecule has 0 bridgehead atoms. The van der Waals surface area contributed by atoms with Crippen LogP contribution in [0.5, 0.6) is 0 Å². The third-order valence-corrected chi connectivity index (χ3v) is 5.30. The van der Waals surface area contributed by atoms with Crippen molar-refractivity contribution < 1.29 is 0 Å². The van der Waals surface area contributed by atoms with Gasteiger partial charge >= 0.3 is 0 Å². The summed E-state index contributed by atoms with van der Waals surface area (Å²) in [4.78, 5) is 5.66. The van der Waals surface area contributed by atoms with E-state index in [1.807, 2.05) is 11.3 Å². The van der Waals surface area contributed by atoms with Gasteiger partial charge in [0.15, 0.2) is 0 Å². The van der Waals surface area contributed by atoms with Crippen LogP contribution in [-0.2, 0) is 13.1 Å². The first-order chi connectivity index (χ1) is 9.72. The first kappa shape index (κ1) is 16.0. The van der Waals surface area contributed by atoms with E-state index in [9.17, 15) is 0 Å². The molecule has 2 rings (SSSR count). The normalized spacial score (nSPS) is 16.8. The number of hydrogen-bond acceptors (Lipinski definition) is 3. The Morgan fingerprint density at radius 2 is 2.05 bits per heavy atom. The van der Waals surface area contributed by atoms with Crippen molar-refractivity contribution in [3.8, 4) is 0 Å². The maximum Gasteiger partial charge on any atom is 0.0330 e. The van der Waals surface area contributed by atoms with Gasteiger partial charge in [0.25, 0.3) is 0 Å². The number of hydrogen-bond donors (Lipinski definition) is 1. The second kappa shape index (κ2) is 8.16. The summed E-state index contributed by atoms with van der Waals surface area (Å²) in [5, 5.41) is 3.60. The average molecular weight is 295 g/mol. The maximum atomic E-state index is 3.60. The Kier molecular flexibility index (Phi) is 6.53. The molecule has 0 aromatic carbocycles. The van der Waals surface area contributed by atoms with Crippen molar-refractivity contribution in [2.75, 3.05) is 6.54 Å². The minimum Gasteiger partial charge on any atom is -0.309 e. The van der Waals surface area contributed by atoms with E-state index in [4.69, 9.17) is 0 Å². The summed E-state index contributed by atoms with van der Waals surface area (Å²) in [6, 6.07) is 6.14. The first-order valence-electron chi connectivity index (χ1n) is 8.28. The van der Waals surface area contributed by atoms with E-state index in [1.54, 1.807) is 0 Å². The van der Waals surface area contributed by atoms with Crippen molar-refractivity contribution in [3.05, 3.63) is 21.9 Å². The summed E-state index contributed by atoms with van der Waals surface area (Å²) >= 11 is 1.99. The van der Waals surface area contributed by atoms with Crippen LogP contribution in [0.3, 0.4) is 0 Å². The third kappa shape index (κ3) is 5.19. The van der Waals surface area contributed by atoms with E-state index in [2.05, 4.69) is 43.1 Å². The molecule has 20 heavy (non-hydrogen) atoms. The molecular weight excluding hydrogens is 264 g/mol. The maximum absolute atomic E-state index is 3.60. The van der Waals surface area contributed by atoms with E-state index in [1.165, 1.54) is 48.4 Å². The fourth-order valence-corrected chi connectivity index (χ4v) is 3.40. The fraction of sp³-hybridized carbons (Fsp3) is 0.765. The molecule has 0 radical (unpaired) electrons. The minimum absolute atomic E-state index is 0.691. The molecule has 0 saturated heterocycles. The molecule has 1 aliphatic rings. The standard InChI is InChI=1S/C17H30N2S/c1-4-6-11-19(14(3)5-2)13-17-10-9-16(20-17)12-18-15-7-8-15/h9-10,14-15,18H,4-8,11-13H2,1-3H3. The Morgan fingerprint density at radius 3 is 2.70 bits per heavy atom. The molecule has 1 aromatic heterocycles. The highest BCUT2D eigenvalue weighted by atomic mass is 32.1. The summed E-state index contributed by atoms with van der Waals surface area (Å²) in [7, 11) is 0. The highest BCUT2D eigenvalue weighted by molar-refractivity contribution is 7.11. The lowest BCUT2D eigenvalue weighted by molar-refractivity contribution is 0.194. The predicted octanol–water partition coefficient (Wildman–Crippen LogP) is 4.40. The number of nitrogens with zero attached hydrogens (tertiary/aromatic N) is 1. The second-order valence-corrected chi connectivity index (χ2v) is 7.36. The first-order valence-corrected chi connectivity index (χ1v) is 9.09. The van der Waals surface area contributed by atoms with Crippen molar-refractivity contribution in [2.24, 2.45) is 0 Å².